The first-order valence-corrected chi connectivity index (χ1v) is 7.12. The van der Waals surface area contributed by atoms with E-state index in [1.54, 1.807) is 0 Å². The van der Waals surface area contributed by atoms with Crippen LogP contribution in [0.3, 0.4) is 0 Å². The summed E-state index contributed by atoms with van der Waals surface area (Å²) in [5, 5.41) is 3.36. The molecule has 1 amide bonds. The van der Waals surface area contributed by atoms with Crippen molar-refractivity contribution in [2.75, 3.05) is 13.6 Å². The van der Waals surface area contributed by atoms with Crippen LogP contribution in [-0.4, -0.2) is 30.4 Å². The molecule has 0 spiro atoms. The van der Waals surface area contributed by atoms with Crippen LogP contribution in [0.4, 0.5) is 0 Å². The molecule has 2 rings (SSSR count). The van der Waals surface area contributed by atoms with Crippen molar-refractivity contribution < 1.29 is 4.79 Å². The van der Waals surface area contributed by atoms with Crippen molar-refractivity contribution in [3.8, 4) is 0 Å². The predicted octanol–water partition coefficient (Wildman–Crippen LogP) is 2.34. The van der Waals surface area contributed by atoms with E-state index in [-0.39, 0.29) is 11.9 Å². The van der Waals surface area contributed by atoms with Crippen LogP contribution in [0, 0.1) is 12.8 Å². The summed E-state index contributed by atoms with van der Waals surface area (Å²) < 4.78 is 0. The second-order valence-electron chi connectivity index (χ2n) is 5.73. The smallest absolute Gasteiger partial charge is 0.240 e. The zero-order chi connectivity index (χ0) is 13.8. The molecule has 0 bridgehead atoms. The van der Waals surface area contributed by atoms with E-state index in [4.69, 9.17) is 0 Å². The van der Waals surface area contributed by atoms with Gasteiger partial charge in [-0.3, -0.25) is 4.79 Å². The van der Waals surface area contributed by atoms with Gasteiger partial charge in [0.1, 0.15) is 0 Å². The Morgan fingerprint density at radius 3 is 2.95 bits per heavy atom. The van der Waals surface area contributed by atoms with Crippen molar-refractivity contribution in [1.82, 2.24) is 10.2 Å². The van der Waals surface area contributed by atoms with Crippen molar-refractivity contribution in [2.24, 2.45) is 5.92 Å². The molecule has 1 N–H and O–H groups in total. The monoisotopic (exact) mass is 260 g/mol. The van der Waals surface area contributed by atoms with Crippen molar-refractivity contribution >= 4 is 5.91 Å². The molecule has 1 saturated heterocycles. The maximum Gasteiger partial charge on any atom is 0.240 e. The molecule has 3 heteroatoms. The SMILES string of the molecule is Cc1cccc(CN(C)C(=O)C2NCCCC2C)c1. The van der Waals surface area contributed by atoms with Gasteiger partial charge in [0, 0.05) is 13.6 Å². The minimum Gasteiger partial charge on any atom is -0.340 e. The van der Waals surface area contributed by atoms with Crippen LogP contribution in [0.2, 0.25) is 0 Å². The first kappa shape index (κ1) is 14.1. The summed E-state index contributed by atoms with van der Waals surface area (Å²) in [6.45, 7) is 5.88. The fourth-order valence-electron chi connectivity index (χ4n) is 2.78. The fourth-order valence-corrected chi connectivity index (χ4v) is 2.78. The number of benzene rings is 1. The molecule has 3 nitrogen and oxygen atoms in total. The molecule has 2 unspecified atom stereocenters. The number of nitrogens with zero attached hydrogens (tertiary/aromatic N) is 1. The van der Waals surface area contributed by atoms with Gasteiger partial charge in [-0.25, -0.2) is 0 Å². The lowest BCUT2D eigenvalue weighted by atomic mass is 9.92. The second-order valence-corrected chi connectivity index (χ2v) is 5.73. The number of rotatable bonds is 3. The van der Waals surface area contributed by atoms with Gasteiger partial charge in [0.05, 0.1) is 6.04 Å². The van der Waals surface area contributed by atoms with Crippen LogP contribution in [0.25, 0.3) is 0 Å². The van der Waals surface area contributed by atoms with Gasteiger partial charge in [-0.2, -0.15) is 0 Å². The minimum absolute atomic E-state index is 0.0106. The molecule has 104 valence electrons. The van der Waals surface area contributed by atoms with E-state index in [9.17, 15) is 4.79 Å². The molecule has 1 aromatic carbocycles. The maximum atomic E-state index is 12.5. The quantitative estimate of drug-likeness (QED) is 0.904. The van der Waals surface area contributed by atoms with Crippen LogP contribution in [0.15, 0.2) is 24.3 Å². The molecule has 0 aliphatic carbocycles. The number of aryl methyl sites for hydroxylation is 1. The van der Waals surface area contributed by atoms with Crippen molar-refractivity contribution in [3.05, 3.63) is 35.4 Å². The number of amides is 1. The summed E-state index contributed by atoms with van der Waals surface area (Å²) in [7, 11) is 1.90. The summed E-state index contributed by atoms with van der Waals surface area (Å²) in [5.41, 5.74) is 2.43. The normalized spacial score (nSPS) is 23.1. The summed E-state index contributed by atoms with van der Waals surface area (Å²) in [5.74, 6) is 0.648. The predicted molar refractivity (Wildman–Crippen MR) is 77.8 cm³/mol. The standard InChI is InChI=1S/C16H24N2O/c1-12-6-4-8-14(10-12)11-18(3)16(19)15-13(2)7-5-9-17-15/h4,6,8,10,13,15,17H,5,7,9,11H2,1-3H3. The number of nitrogens with one attached hydrogen (secondary N) is 1. The average Bonchev–Trinajstić information content (AvgIpc) is 2.38. The zero-order valence-corrected chi connectivity index (χ0v) is 12.1. The Morgan fingerprint density at radius 2 is 2.26 bits per heavy atom. The van der Waals surface area contributed by atoms with E-state index in [2.05, 4.69) is 37.4 Å². The van der Waals surface area contributed by atoms with Crippen LogP contribution in [-0.2, 0) is 11.3 Å². The number of hydrogen-bond donors (Lipinski definition) is 1. The van der Waals surface area contributed by atoms with Gasteiger partial charge < -0.3 is 10.2 Å². The van der Waals surface area contributed by atoms with E-state index in [1.165, 1.54) is 17.5 Å². The lowest BCUT2D eigenvalue weighted by Gasteiger charge is -2.32. The van der Waals surface area contributed by atoms with Gasteiger partial charge in [-0.1, -0.05) is 36.8 Å². The third-order valence-corrected chi connectivity index (χ3v) is 3.91. The fraction of sp³-hybridized carbons (Fsp3) is 0.562. The Kier molecular flexibility index (Phi) is 4.59. The van der Waals surface area contributed by atoms with E-state index in [0.717, 1.165) is 13.0 Å². The van der Waals surface area contributed by atoms with Crippen LogP contribution in [0.1, 0.15) is 30.9 Å². The maximum absolute atomic E-state index is 12.5. The number of hydrogen-bond acceptors (Lipinski definition) is 2. The molecular weight excluding hydrogens is 236 g/mol. The number of carbonyl (C=O) groups excluding carboxylic acids is 1. The summed E-state index contributed by atoms with van der Waals surface area (Å²) in [6, 6.07) is 8.33. The lowest BCUT2D eigenvalue weighted by Crippen LogP contribution is -2.51. The summed E-state index contributed by atoms with van der Waals surface area (Å²) in [4.78, 5) is 14.3. The number of likely N-dealkylation sites (N-methyl/N-ethyl adjacent to an activating group) is 1. The van der Waals surface area contributed by atoms with Gasteiger partial charge in [0.2, 0.25) is 5.91 Å². The molecule has 0 saturated carbocycles. The highest BCUT2D eigenvalue weighted by Crippen LogP contribution is 2.18. The highest BCUT2D eigenvalue weighted by atomic mass is 16.2. The van der Waals surface area contributed by atoms with E-state index in [0.29, 0.717) is 12.5 Å². The van der Waals surface area contributed by atoms with Crippen molar-refractivity contribution in [2.45, 2.75) is 39.3 Å². The highest BCUT2D eigenvalue weighted by Gasteiger charge is 2.29. The topological polar surface area (TPSA) is 32.3 Å². The second kappa shape index (κ2) is 6.20. The molecule has 19 heavy (non-hydrogen) atoms. The largest absolute Gasteiger partial charge is 0.340 e. The summed E-state index contributed by atoms with van der Waals surface area (Å²) >= 11 is 0. The molecule has 1 heterocycles. The Hall–Kier alpha value is -1.35. The number of piperidine rings is 1. The Bertz CT molecular complexity index is 444. The highest BCUT2D eigenvalue weighted by molar-refractivity contribution is 5.82. The van der Waals surface area contributed by atoms with Gasteiger partial charge in [0.15, 0.2) is 0 Å². The molecule has 0 aromatic heterocycles. The van der Waals surface area contributed by atoms with Gasteiger partial charge in [-0.05, 0) is 37.8 Å². The average molecular weight is 260 g/mol. The number of carbonyl (C=O) groups is 1. The molecule has 0 radical (unpaired) electrons. The Labute approximate surface area is 116 Å². The van der Waals surface area contributed by atoms with Crippen LogP contribution >= 0.6 is 0 Å². The third kappa shape index (κ3) is 3.57. The zero-order valence-electron chi connectivity index (χ0n) is 12.1. The molecule has 1 aliphatic heterocycles. The van der Waals surface area contributed by atoms with E-state index in [1.807, 2.05) is 18.0 Å². The van der Waals surface area contributed by atoms with Gasteiger partial charge in [0.25, 0.3) is 0 Å². The van der Waals surface area contributed by atoms with E-state index >= 15 is 0 Å². The molecule has 1 aliphatic rings. The molecule has 1 fully saturated rings. The van der Waals surface area contributed by atoms with Crippen molar-refractivity contribution in [3.63, 3.8) is 0 Å². The van der Waals surface area contributed by atoms with Gasteiger partial charge in [-0.15, -0.1) is 0 Å². The molecular formula is C16H24N2O. The van der Waals surface area contributed by atoms with Crippen molar-refractivity contribution in [1.29, 1.82) is 0 Å². The molecule has 2 atom stereocenters. The van der Waals surface area contributed by atoms with Gasteiger partial charge >= 0.3 is 0 Å². The van der Waals surface area contributed by atoms with E-state index < -0.39 is 0 Å². The third-order valence-electron chi connectivity index (χ3n) is 3.91. The minimum atomic E-state index is -0.0106. The first-order valence-electron chi connectivity index (χ1n) is 7.12. The van der Waals surface area contributed by atoms with Crippen LogP contribution in [0.5, 0.6) is 0 Å². The molecule has 1 aromatic rings. The lowest BCUT2D eigenvalue weighted by molar-refractivity contribution is -0.134. The Morgan fingerprint density at radius 1 is 1.47 bits per heavy atom. The Balaban J connectivity index is 1.99. The summed E-state index contributed by atoms with van der Waals surface area (Å²) in [6.07, 6.45) is 2.31. The van der Waals surface area contributed by atoms with Crippen LogP contribution < -0.4 is 5.32 Å². The first-order chi connectivity index (χ1) is 9.08.